The number of amides is 1. The second kappa shape index (κ2) is 6.85. The second-order valence-electron chi connectivity index (χ2n) is 6.13. The van der Waals surface area contributed by atoms with E-state index in [0.29, 0.717) is 27.4 Å². The summed E-state index contributed by atoms with van der Waals surface area (Å²) in [4.78, 5) is 15.0. The molecule has 2 aliphatic rings. The minimum Gasteiger partial charge on any atom is -0.494 e. The van der Waals surface area contributed by atoms with Crippen molar-refractivity contribution in [3.63, 3.8) is 0 Å². The lowest BCUT2D eigenvalue weighted by Gasteiger charge is -2.33. The van der Waals surface area contributed by atoms with Crippen LogP contribution in [-0.2, 0) is 4.74 Å². The number of nitrogens with one attached hydrogen (secondary N) is 1. The number of hydrogen-bond acceptors (Lipinski definition) is 4. The van der Waals surface area contributed by atoms with Gasteiger partial charge in [0.25, 0.3) is 5.91 Å². The monoisotopic (exact) mass is 358 g/mol. The van der Waals surface area contributed by atoms with E-state index in [2.05, 4.69) is 17.1 Å². The Labute approximate surface area is 145 Å². The molecule has 0 aromatic heterocycles. The fourth-order valence-electron chi connectivity index (χ4n) is 3.34. The van der Waals surface area contributed by atoms with Crippen LogP contribution >= 0.6 is 23.2 Å². The lowest BCUT2D eigenvalue weighted by molar-refractivity contribution is -0.0390. The molecule has 1 N–H and O–H groups in total. The Bertz CT molecular complexity index is 611. The normalized spacial score (nSPS) is 27.6. The topological polar surface area (TPSA) is 50.8 Å². The second-order valence-corrected chi connectivity index (χ2v) is 6.97. The van der Waals surface area contributed by atoms with E-state index in [1.165, 1.54) is 7.11 Å². The van der Waals surface area contributed by atoms with Crippen LogP contribution in [0.5, 0.6) is 5.75 Å². The third-order valence-corrected chi connectivity index (χ3v) is 4.88. The number of hydrogen-bond donors (Lipinski definition) is 1. The number of carbonyl (C=O) groups excluding carboxylic acids is 1. The van der Waals surface area contributed by atoms with Gasteiger partial charge in [0, 0.05) is 30.2 Å². The summed E-state index contributed by atoms with van der Waals surface area (Å²) in [5.41, 5.74) is 0.361. The van der Waals surface area contributed by atoms with Crippen LogP contribution in [-0.4, -0.2) is 55.8 Å². The predicted molar refractivity (Wildman–Crippen MR) is 89.7 cm³/mol. The molecule has 1 aromatic carbocycles. The minimum atomic E-state index is -0.218. The first-order valence-corrected chi connectivity index (χ1v) is 8.43. The first kappa shape index (κ1) is 16.8. The molecule has 3 rings (SSSR count). The lowest BCUT2D eigenvalue weighted by Crippen LogP contribution is -2.45. The first-order chi connectivity index (χ1) is 11.0. The van der Waals surface area contributed by atoms with Gasteiger partial charge in [-0.15, -0.1) is 0 Å². The molecular weight excluding hydrogens is 339 g/mol. The number of morpholine rings is 1. The Morgan fingerprint density at radius 1 is 1.39 bits per heavy atom. The van der Waals surface area contributed by atoms with Crippen molar-refractivity contribution >= 4 is 29.1 Å². The molecule has 0 spiro atoms. The molecule has 2 fully saturated rings. The van der Waals surface area contributed by atoms with Crippen molar-refractivity contribution in [2.24, 2.45) is 0 Å². The van der Waals surface area contributed by atoms with Crippen molar-refractivity contribution < 1.29 is 14.3 Å². The summed E-state index contributed by atoms with van der Waals surface area (Å²) in [5.74, 6) is 0.131. The van der Waals surface area contributed by atoms with Crippen LogP contribution in [0.1, 0.15) is 23.7 Å². The van der Waals surface area contributed by atoms with Crippen molar-refractivity contribution in [2.45, 2.75) is 31.5 Å². The molecule has 2 aliphatic heterocycles. The average Bonchev–Trinajstić information content (AvgIpc) is 2.87. The molecule has 0 bridgehead atoms. The zero-order valence-corrected chi connectivity index (χ0v) is 14.7. The van der Waals surface area contributed by atoms with Crippen molar-refractivity contribution in [1.29, 1.82) is 0 Å². The van der Waals surface area contributed by atoms with Crippen molar-refractivity contribution in [3.8, 4) is 5.75 Å². The first-order valence-electron chi connectivity index (χ1n) is 7.67. The number of halogens is 2. The van der Waals surface area contributed by atoms with Crippen LogP contribution in [0.3, 0.4) is 0 Å². The van der Waals surface area contributed by atoms with Crippen LogP contribution in [0.25, 0.3) is 0 Å². The number of nitrogens with zero attached hydrogens (tertiary/aromatic N) is 1. The van der Waals surface area contributed by atoms with Crippen LogP contribution in [0, 0.1) is 0 Å². The molecule has 3 atom stereocenters. The van der Waals surface area contributed by atoms with Crippen molar-refractivity contribution in [1.82, 2.24) is 10.2 Å². The molecule has 1 aromatic rings. The summed E-state index contributed by atoms with van der Waals surface area (Å²) in [6.45, 7) is 4.53. The van der Waals surface area contributed by atoms with Gasteiger partial charge >= 0.3 is 0 Å². The average molecular weight is 359 g/mol. The summed E-state index contributed by atoms with van der Waals surface area (Å²) in [6, 6.07) is 3.60. The zero-order valence-electron chi connectivity index (χ0n) is 13.1. The summed E-state index contributed by atoms with van der Waals surface area (Å²) in [7, 11) is 1.49. The van der Waals surface area contributed by atoms with E-state index in [1.807, 2.05) is 0 Å². The molecule has 0 aliphatic carbocycles. The van der Waals surface area contributed by atoms with E-state index in [-0.39, 0.29) is 18.1 Å². The van der Waals surface area contributed by atoms with Gasteiger partial charge in [-0.05, 0) is 25.5 Å². The van der Waals surface area contributed by atoms with Gasteiger partial charge in [0.15, 0.2) is 0 Å². The van der Waals surface area contributed by atoms with Gasteiger partial charge < -0.3 is 14.8 Å². The molecule has 23 heavy (non-hydrogen) atoms. The number of benzene rings is 1. The number of rotatable bonds is 3. The van der Waals surface area contributed by atoms with Gasteiger partial charge in [0.05, 0.1) is 30.4 Å². The Balaban J connectivity index is 1.71. The van der Waals surface area contributed by atoms with E-state index >= 15 is 0 Å². The maximum atomic E-state index is 12.6. The minimum absolute atomic E-state index is 0.0869. The summed E-state index contributed by atoms with van der Waals surface area (Å²) < 4.78 is 10.9. The van der Waals surface area contributed by atoms with Crippen LogP contribution < -0.4 is 10.1 Å². The van der Waals surface area contributed by atoms with Gasteiger partial charge in [-0.1, -0.05) is 23.2 Å². The predicted octanol–water partition coefficient (Wildman–Crippen LogP) is 2.59. The molecule has 126 valence electrons. The third kappa shape index (κ3) is 3.58. The van der Waals surface area contributed by atoms with E-state index in [9.17, 15) is 4.79 Å². The number of fused-ring (bicyclic) bond motifs is 1. The quantitative estimate of drug-likeness (QED) is 0.902. The van der Waals surface area contributed by atoms with Gasteiger partial charge in [0.1, 0.15) is 5.75 Å². The molecule has 5 nitrogen and oxygen atoms in total. The standard InChI is InChI=1S/C16H20Cl2N2O3/c1-9-6-20-7-11(5-12(20)8-23-9)19-16(21)13-3-10(17)4-14(18)15(13)22-2/h3-4,9,11-12H,5-8H2,1-2H3,(H,19,21)/t9-,11-,12-/m0/s1. The van der Waals surface area contributed by atoms with Gasteiger partial charge in [-0.3, -0.25) is 9.69 Å². The Kier molecular flexibility index (Phi) is 5.01. The molecule has 0 saturated carbocycles. The summed E-state index contributed by atoms with van der Waals surface area (Å²) in [6.07, 6.45) is 1.13. The van der Waals surface area contributed by atoms with E-state index in [0.717, 1.165) is 26.1 Å². The van der Waals surface area contributed by atoms with E-state index < -0.39 is 0 Å². The number of ether oxygens (including phenoxy) is 2. The van der Waals surface area contributed by atoms with E-state index in [1.54, 1.807) is 12.1 Å². The Morgan fingerprint density at radius 3 is 2.91 bits per heavy atom. The highest BCUT2D eigenvalue weighted by Gasteiger charge is 2.37. The molecule has 2 heterocycles. The van der Waals surface area contributed by atoms with Gasteiger partial charge in [-0.25, -0.2) is 0 Å². The largest absolute Gasteiger partial charge is 0.494 e. The van der Waals surface area contributed by atoms with Crippen LogP contribution in [0.2, 0.25) is 10.0 Å². The fraction of sp³-hybridized carbons (Fsp3) is 0.562. The van der Waals surface area contributed by atoms with Crippen LogP contribution in [0.4, 0.5) is 0 Å². The zero-order chi connectivity index (χ0) is 16.6. The maximum absolute atomic E-state index is 12.6. The lowest BCUT2D eigenvalue weighted by atomic mass is 10.1. The summed E-state index contributed by atoms with van der Waals surface area (Å²) in [5, 5.41) is 3.80. The van der Waals surface area contributed by atoms with Gasteiger partial charge in [-0.2, -0.15) is 0 Å². The van der Waals surface area contributed by atoms with Gasteiger partial charge in [0.2, 0.25) is 0 Å². The smallest absolute Gasteiger partial charge is 0.255 e. The molecular formula is C16H20Cl2N2O3. The fourth-order valence-corrected chi connectivity index (χ4v) is 3.91. The number of methoxy groups -OCH3 is 1. The maximum Gasteiger partial charge on any atom is 0.255 e. The van der Waals surface area contributed by atoms with Crippen molar-refractivity contribution in [2.75, 3.05) is 26.8 Å². The Morgan fingerprint density at radius 2 is 2.17 bits per heavy atom. The highest BCUT2D eigenvalue weighted by Crippen LogP contribution is 2.32. The molecule has 0 radical (unpaired) electrons. The van der Waals surface area contributed by atoms with Crippen LogP contribution in [0.15, 0.2) is 12.1 Å². The summed E-state index contributed by atoms with van der Waals surface area (Å²) >= 11 is 12.1. The molecule has 0 unspecified atom stereocenters. The molecule has 1 amide bonds. The number of carbonyl (C=O) groups is 1. The Hall–Kier alpha value is -1.01. The highest BCUT2D eigenvalue weighted by atomic mass is 35.5. The SMILES string of the molecule is COc1c(Cl)cc(Cl)cc1C(=O)N[C@H]1C[C@H]2CO[C@@H](C)CN2C1. The molecule has 7 heteroatoms. The third-order valence-electron chi connectivity index (χ3n) is 4.38. The highest BCUT2D eigenvalue weighted by molar-refractivity contribution is 6.36. The molecule has 2 saturated heterocycles. The van der Waals surface area contributed by atoms with E-state index in [4.69, 9.17) is 32.7 Å². The van der Waals surface area contributed by atoms with Crippen molar-refractivity contribution in [3.05, 3.63) is 27.7 Å².